The van der Waals surface area contributed by atoms with Gasteiger partial charge in [0.15, 0.2) is 5.78 Å². The third-order valence-electron chi connectivity index (χ3n) is 6.54. The van der Waals surface area contributed by atoms with Crippen molar-refractivity contribution in [2.24, 2.45) is 0 Å². The van der Waals surface area contributed by atoms with E-state index in [2.05, 4.69) is 16.0 Å². The summed E-state index contributed by atoms with van der Waals surface area (Å²) in [6.07, 6.45) is 2.77. The molecule has 0 aromatic heterocycles. The number of thioether (sulfide) groups is 2. The first-order valence-electron chi connectivity index (χ1n) is 12.6. The van der Waals surface area contributed by atoms with E-state index in [1.807, 2.05) is 42.4 Å². The van der Waals surface area contributed by atoms with Crippen LogP contribution in [0.5, 0.6) is 0 Å². The zero-order chi connectivity index (χ0) is 27.0. The summed E-state index contributed by atoms with van der Waals surface area (Å²) < 4.78 is 0.00147. The van der Waals surface area contributed by atoms with Crippen LogP contribution in [0.25, 0.3) is 0 Å². The van der Waals surface area contributed by atoms with Gasteiger partial charge in [0.05, 0.1) is 22.7 Å². The Morgan fingerprint density at radius 3 is 2.38 bits per heavy atom. The molecule has 0 aliphatic carbocycles. The second-order valence-electron chi connectivity index (χ2n) is 9.51. The van der Waals surface area contributed by atoms with Crippen molar-refractivity contribution in [2.75, 3.05) is 31.6 Å². The van der Waals surface area contributed by atoms with E-state index in [0.717, 1.165) is 18.1 Å². The first kappa shape index (κ1) is 29.2. The minimum atomic E-state index is -0.966. The number of amides is 3. The smallest absolute Gasteiger partial charge is 0.290 e. The maximum atomic E-state index is 13.1. The topological polar surface area (TPSA) is 125 Å². The number of Topliss-reactive ketones (excluding diaryl/α,β-unsaturated/α-hetero) is 2. The highest BCUT2D eigenvalue weighted by molar-refractivity contribution is 8.18. The van der Waals surface area contributed by atoms with Crippen LogP contribution >= 0.6 is 23.5 Å². The summed E-state index contributed by atoms with van der Waals surface area (Å²) in [4.78, 5) is 65.1. The van der Waals surface area contributed by atoms with Crippen LogP contribution in [0, 0.1) is 0 Å². The minimum absolute atomic E-state index is 0.00147. The van der Waals surface area contributed by atoms with Crippen LogP contribution < -0.4 is 16.0 Å². The van der Waals surface area contributed by atoms with Gasteiger partial charge in [0.25, 0.3) is 5.91 Å². The average molecular weight is 549 g/mol. The fraction of sp³-hybridized carbons (Fsp3) is 0.577. The van der Waals surface area contributed by atoms with Crippen molar-refractivity contribution in [3.63, 3.8) is 0 Å². The Labute approximate surface area is 226 Å². The summed E-state index contributed by atoms with van der Waals surface area (Å²) >= 11 is 3.81. The van der Waals surface area contributed by atoms with Crippen molar-refractivity contribution >= 4 is 52.8 Å². The second kappa shape index (κ2) is 13.4. The molecule has 0 radical (unpaired) electrons. The number of nitrogens with one attached hydrogen (secondary N) is 3. The van der Waals surface area contributed by atoms with Crippen LogP contribution in [0.2, 0.25) is 0 Å². The van der Waals surface area contributed by atoms with Gasteiger partial charge in [-0.05, 0) is 50.3 Å². The lowest BCUT2D eigenvalue weighted by Gasteiger charge is -2.31. The molecular weight excluding hydrogens is 512 g/mol. The molecule has 1 aromatic carbocycles. The molecule has 1 aromatic rings. The van der Waals surface area contributed by atoms with Gasteiger partial charge >= 0.3 is 0 Å². The maximum absolute atomic E-state index is 13.1. The van der Waals surface area contributed by atoms with E-state index in [1.165, 1.54) is 13.3 Å². The second-order valence-corrected chi connectivity index (χ2v) is 12.7. The normalized spacial score (nSPS) is 20.6. The average Bonchev–Trinajstić information content (AvgIpc) is 3.20. The SMILES string of the molecule is CCCC(NC(=O)C1CC2(CN1C)SCCCS2)C(=O)C(=O)NCC(=O)NC(C(C)=O)c1ccccc1. The molecule has 9 nitrogen and oxygen atoms in total. The number of hydrogen-bond donors (Lipinski definition) is 3. The molecule has 2 aliphatic heterocycles. The predicted molar refractivity (Wildman–Crippen MR) is 146 cm³/mol. The number of likely N-dealkylation sites (tertiary alicyclic amines) is 1. The van der Waals surface area contributed by atoms with Gasteiger partial charge in [-0.1, -0.05) is 43.7 Å². The summed E-state index contributed by atoms with van der Waals surface area (Å²) in [6, 6.07) is 6.60. The quantitative estimate of drug-likeness (QED) is 0.357. The van der Waals surface area contributed by atoms with Crippen molar-refractivity contribution in [1.29, 1.82) is 0 Å². The zero-order valence-corrected chi connectivity index (χ0v) is 23.2. The zero-order valence-electron chi connectivity index (χ0n) is 21.6. The van der Waals surface area contributed by atoms with E-state index in [4.69, 9.17) is 0 Å². The number of carbonyl (C=O) groups excluding carboxylic acids is 5. The molecular formula is C26H36N4O5S2. The van der Waals surface area contributed by atoms with E-state index in [0.29, 0.717) is 24.8 Å². The van der Waals surface area contributed by atoms with Crippen molar-refractivity contribution in [3.05, 3.63) is 35.9 Å². The molecule has 3 amide bonds. The molecule has 0 bridgehead atoms. The molecule has 2 heterocycles. The number of hydrogen-bond acceptors (Lipinski definition) is 8. The fourth-order valence-corrected chi connectivity index (χ4v) is 8.11. The van der Waals surface area contributed by atoms with E-state index >= 15 is 0 Å². The Hall–Kier alpha value is -2.37. The Bertz CT molecular complexity index is 1000. The Morgan fingerprint density at radius 1 is 1.08 bits per heavy atom. The summed E-state index contributed by atoms with van der Waals surface area (Å²) in [5.41, 5.74) is 0.625. The molecule has 3 atom stereocenters. The highest BCUT2D eigenvalue weighted by Gasteiger charge is 2.47. The van der Waals surface area contributed by atoms with E-state index in [1.54, 1.807) is 30.3 Å². The third kappa shape index (κ3) is 7.81. The summed E-state index contributed by atoms with van der Waals surface area (Å²) in [5, 5.41) is 7.72. The molecule has 3 unspecified atom stereocenters. The van der Waals surface area contributed by atoms with Crippen LogP contribution in [0.1, 0.15) is 51.1 Å². The van der Waals surface area contributed by atoms with Crippen LogP contribution in [-0.2, 0) is 24.0 Å². The summed E-state index contributed by atoms with van der Waals surface area (Å²) in [5.74, 6) is -0.668. The van der Waals surface area contributed by atoms with Gasteiger partial charge in [0, 0.05) is 6.54 Å². The highest BCUT2D eigenvalue weighted by atomic mass is 32.2. The molecule has 2 aliphatic rings. The lowest BCUT2D eigenvalue weighted by molar-refractivity contribution is -0.141. The van der Waals surface area contributed by atoms with E-state index in [-0.39, 0.29) is 21.8 Å². The Balaban J connectivity index is 1.54. The number of nitrogens with zero attached hydrogens (tertiary/aromatic N) is 1. The first-order chi connectivity index (χ1) is 17.7. The number of benzene rings is 1. The van der Waals surface area contributed by atoms with Gasteiger partial charge in [-0.25, -0.2) is 0 Å². The lowest BCUT2D eigenvalue weighted by atomic mass is 10.0. The van der Waals surface area contributed by atoms with Crippen LogP contribution in [0.4, 0.5) is 0 Å². The Kier molecular flexibility index (Phi) is 10.6. The van der Waals surface area contributed by atoms with Crippen LogP contribution in [0.15, 0.2) is 30.3 Å². The van der Waals surface area contributed by atoms with Gasteiger partial charge in [0.1, 0.15) is 6.04 Å². The minimum Gasteiger partial charge on any atom is -0.344 e. The van der Waals surface area contributed by atoms with Crippen molar-refractivity contribution in [1.82, 2.24) is 20.9 Å². The number of likely N-dealkylation sites (N-methyl/N-ethyl adjacent to an activating group) is 1. The fourth-order valence-electron chi connectivity index (χ4n) is 4.63. The lowest BCUT2D eigenvalue weighted by Crippen LogP contribution is -2.52. The molecule has 3 rings (SSSR count). The largest absolute Gasteiger partial charge is 0.344 e. The molecule has 11 heteroatoms. The Morgan fingerprint density at radius 2 is 1.76 bits per heavy atom. The van der Waals surface area contributed by atoms with Crippen LogP contribution in [-0.4, -0.2) is 82.0 Å². The monoisotopic (exact) mass is 548 g/mol. The van der Waals surface area contributed by atoms with Crippen molar-refractivity contribution in [2.45, 2.75) is 61.7 Å². The number of rotatable bonds is 11. The van der Waals surface area contributed by atoms with Gasteiger partial charge in [-0.3, -0.25) is 28.9 Å². The van der Waals surface area contributed by atoms with Gasteiger partial charge in [-0.2, -0.15) is 0 Å². The molecule has 3 N–H and O–H groups in total. The van der Waals surface area contributed by atoms with E-state index < -0.39 is 36.2 Å². The third-order valence-corrected chi connectivity index (χ3v) is 9.87. The van der Waals surface area contributed by atoms with Gasteiger partial charge in [-0.15, -0.1) is 23.5 Å². The summed E-state index contributed by atoms with van der Waals surface area (Å²) in [7, 11) is 1.92. The molecule has 202 valence electrons. The number of ketones is 2. The standard InChI is InChI=1S/C26H36N4O5S2/c1-4-9-19(28-24(34)20-14-26(16-30(20)3)36-12-8-13-37-26)23(33)25(35)27-15-21(32)29-22(17(2)31)18-10-6-5-7-11-18/h5-7,10-11,19-20,22H,4,8-9,12-16H2,1-3H3,(H,27,35)(H,28,34)(H,29,32). The molecule has 37 heavy (non-hydrogen) atoms. The van der Waals surface area contributed by atoms with E-state index in [9.17, 15) is 24.0 Å². The maximum Gasteiger partial charge on any atom is 0.290 e. The molecule has 2 fully saturated rings. The van der Waals surface area contributed by atoms with Gasteiger partial charge in [0.2, 0.25) is 17.6 Å². The highest BCUT2D eigenvalue weighted by Crippen LogP contribution is 2.49. The number of carbonyl (C=O) groups is 5. The molecule has 2 saturated heterocycles. The summed E-state index contributed by atoms with van der Waals surface area (Å²) in [6.45, 7) is 3.57. The first-order valence-corrected chi connectivity index (χ1v) is 14.6. The van der Waals surface area contributed by atoms with Crippen molar-refractivity contribution < 1.29 is 24.0 Å². The molecule has 1 spiro atoms. The molecule has 0 saturated carbocycles. The predicted octanol–water partition coefficient (Wildman–Crippen LogP) is 1.67. The van der Waals surface area contributed by atoms with Crippen molar-refractivity contribution in [3.8, 4) is 0 Å². The van der Waals surface area contributed by atoms with Crippen LogP contribution in [0.3, 0.4) is 0 Å². The van der Waals surface area contributed by atoms with Gasteiger partial charge < -0.3 is 16.0 Å².